The zero-order valence-electron chi connectivity index (χ0n) is 13.1. The van der Waals surface area contributed by atoms with E-state index in [1.54, 1.807) is 29.2 Å². The first-order valence-corrected chi connectivity index (χ1v) is 7.59. The second kappa shape index (κ2) is 8.76. The Morgan fingerprint density at radius 3 is 2.36 bits per heavy atom. The van der Waals surface area contributed by atoms with E-state index in [1.165, 1.54) is 0 Å². The zero-order chi connectivity index (χ0) is 15.2. The van der Waals surface area contributed by atoms with Gasteiger partial charge in [-0.15, -0.1) is 12.4 Å². The van der Waals surface area contributed by atoms with Crippen LogP contribution in [0.2, 0.25) is 0 Å². The fourth-order valence-electron chi connectivity index (χ4n) is 2.53. The minimum atomic E-state index is -0.0954. The molecule has 0 radical (unpaired) electrons. The molecule has 1 saturated heterocycles. The smallest absolute Gasteiger partial charge is 0.253 e. The highest BCUT2D eigenvalue weighted by atomic mass is 35.5. The van der Waals surface area contributed by atoms with Gasteiger partial charge in [0.25, 0.3) is 5.91 Å². The van der Waals surface area contributed by atoms with Gasteiger partial charge in [-0.1, -0.05) is 0 Å². The minimum Gasteiger partial charge on any atom is -0.339 e. The van der Waals surface area contributed by atoms with Gasteiger partial charge in [-0.3, -0.25) is 9.59 Å². The molecule has 1 aromatic carbocycles. The zero-order valence-corrected chi connectivity index (χ0v) is 13.9. The number of carbonyl (C=O) groups is 2. The Morgan fingerprint density at radius 1 is 1.23 bits per heavy atom. The number of carbonyl (C=O) groups excluding carboxylic acids is 2. The van der Waals surface area contributed by atoms with Gasteiger partial charge in [-0.2, -0.15) is 0 Å². The summed E-state index contributed by atoms with van der Waals surface area (Å²) >= 11 is 0. The standard InChI is InChI=1S/C16H23N3O2.ClH/c1-3-19(4-2)16(21)12-7-9-13(10-8-12)18-15(20)14-6-5-11-17-14;/h7-10,14,17H,3-6,11H2,1-2H3,(H,18,20);1H. The Hall–Kier alpha value is -1.59. The van der Waals surface area contributed by atoms with Crippen molar-refractivity contribution in [3.05, 3.63) is 29.8 Å². The molecule has 1 aliphatic rings. The lowest BCUT2D eigenvalue weighted by atomic mass is 10.1. The SMILES string of the molecule is CCN(CC)C(=O)c1ccc(NC(=O)C2CCCN2)cc1.Cl. The van der Waals surface area contributed by atoms with Gasteiger partial charge >= 0.3 is 0 Å². The monoisotopic (exact) mass is 325 g/mol. The Balaban J connectivity index is 0.00000242. The van der Waals surface area contributed by atoms with Gasteiger partial charge in [0, 0.05) is 24.3 Å². The second-order valence-electron chi connectivity index (χ2n) is 5.19. The van der Waals surface area contributed by atoms with Gasteiger partial charge in [-0.25, -0.2) is 0 Å². The molecule has 6 heteroatoms. The van der Waals surface area contributed by atoms with Crippen molar-refractivity contribution in [2.75, 3.05) is 25.0 Å². The van der Waals surface area contributed by atoms with Crippen LogP contribution in [0.15, 0.2) is 24.3 Å². The molecule has 0 spiro atoms. The van der Waals surface area contributed by atoms with Crippen LogP contribution in [0.5, 0.6) is 0 Å². The van der Waals surface area contributed by atoms with E-state index in [0.29, 0.717) is 18.7 Å². The molecular formula is C16H24ClN3O2. The quantitative estimate of drug-likeness (QED) is 0.873. The highest BCUT2D eigenvalue weighted by molar-refractivity contribution is 5.97. The molecule has 1 unspecified atom stereocenters. The van der Waals surface area contributed by atoms with Crippen molar-refractivity contribution in [1.82, 2.24) is 10.2 Å². The van der Waals surface area contributed by atoms with Gasteiger partial charge in [-0.05, 0) is 57.5 Å². The molecule has 1 aliphatic heterocycles. The van der Waals surface area contributed by atoms with Gasteiger partial charge in [0.1, 0.15) is 0 Å². The average Bonchev–Trinajstić information content (AvgIpc) is 3.03. The van der Waals surface area contributed by atoms with E-state index in [0.717, 1.165) is 25.1 Å². The first-order chi connectivity index (χ1) is 10.2. The molecular weight excluding hydrogens is 302 g/mol. The number of rotatable bonds is 5. The summed E-state index contributed by atoms with van der Waals surface area (Å²) in [7, 11) is 0. The topological polar surface area (TPSA) is 61.4 Å². The van der Waals surface area contributed by atoms with Crippen LogP contribution in [-0.2, 0) is 4.79 Å². The number of amides is 2. The third-order valence-corrected chi connectivity index (χ3v) is 3.83. The summed E-state index contributed by atoms with van der Waals surface area (Å²) in [6.07, 6.45) is 1.92. The van der Waals surface area contributed by atoms with E-state index in [9.17, 15) is 9.59 Å². The molecule has 1 fully saturated rings. The molecule has 122 valence electrons. The first-order valence-electron chi connectivity index (χ1n) is 7.59. The minimum absolute atomic E-state index is 0. The third kappa shape index (κ3) is 4.45. The fraction of sp³-hybridized carbons (Fsp3) is 0.500. The van der Waals surface area contributed by atoms with E-state index in [2.05, 4.69) is 10.6 Å². The number of nitrogens with one attached hydrogen (secondary N) is 2. The predicted molar refractivity (Wildman–Crippen MR) is 90.6 cm³/mol. The maximum atomic E-state index is 12.2. The number of nitrogens with zero attached hydrogens (tertiary/aromatic N) is 1. The van der Waals surface area contributed by atoms with Crippen molar-refractivity contribution in [2.24, 2.45) is 0 Å². The molecule has 1 heterocycles. The Morgan fingerprint density at radius 2 is 1.86 bits per heavy atom. The second-order valence-corrected chi connectivity index (χ2v) is 5.19. The lowest BCUT2D eigenvalue weighted by Crippen LogP contribution is -2.35. The maximum absolute atomic E-state index is 12.2. The summed E-state index contributed by atoms with van der Waals surface area (Å²) in [6.45, 7) is 6.22. The van der Waals surface area contributed by atoms with Crippen molar-refractivity contribution < 1.29 is 9.59 Å². The lowest BCUT2D eigenvalue weighted by Gasteiger charge is -2.18. The Kier molecular flexibility index (Phi) is 7.35. The first kappa shape index (κ1) is 18.5. The van der Waals surface area contributed by atoms with Gasteiger partial charge in [0.15, 0.2) is 0 Å². The van der Waals surface area contributed by atoms with E-state index >= 15 is 0 Å². The molecule has 2 amide bonds. The molecule has 2 rings (SSSR count). The summed E-state index contributed by atoms with van der Waals surface area (Å²) in [5, 5.41) is 6.04. The number of hydrogen-bond acceptors (Lipinski definition) is 3. The van der Waals surface area contributed by atoms with Crippen LogP contribution in [0.1, 0.15) is 37.0 Å². The van der Waals surface area contributed by atoms with E-state index in [-0.39, 0.29) is 30.3 Å². The van der Waals surface area contributed by atoms with Crippen LogP contribution in [-0.4, -0.2) is 42.4 Å². The third-order valence-electron chi connectivity index (χ3n) is 3.83. The summed E-state index contributed by atoms with van der Waals surface area (Å²) in [5.41, 5.74) is 1.38. The van der Waals surface area contributed by atoms with Crippen LogP contribution >= 0.6 is 12.4 Å². The normalized spacial score (nSPS) is 16.7. The molecule has 0 aliphatic carbocycles. The summed E-state index contributed by atoms with van der Waals surface area (Å²) in [5.74, 6) is 0.0191. The summed E-state index contributed by atoms with van der Waals surface area (Å²) in [4.78, 5) is 25.9. The highest BCUT2D eigenvalue weighted by Crippen LogP contribution is 2.13. The van der Waals surface area contributed by atoms with Crippen LogP contribution in [0.3, 0.4) is 0 Å². The van der Waals surface area contributed by atoms with E-state index in [1.807, 2.05) is 13.8 Å². The highest BCUT2D eigenvalue weighted by Gasteiger charge is 2.22. The number of hydrogen-bond donors (Lipinski definition) is 2. The van der Waals surface area contributed by atoms with Crippen molar-refractivity contribution in [3.8, 4) is 0 Å². The van der Waals surface area contributed by atoms with Crippen LogP contribution in [0, 0.1) is 0 Å². The summed E-state index contributed by atoms with van der Waals surface area (Å²) < 4.78 is 0. The Bertz CT molecular complexity index is 495. The number of benzene rings is 1. The lowest BCUT2D eigenvalue weighted by molar-refractivity contribution is -0.117. The van der Waals surface area contributed by atoms with E-state index < -0.39 is 0 Å². The van der Waals surface area contributed by atoms with Gasteiger partial charge < -0.3 is 15.5 Å². The largest absolute Gasteiger partial charge is 0.339 e. The molecule has 1 atom stereocenters. The molecule has 5 nitrogen and oxygen atoms in total. The fourth-order valence-corrected chi connectivity index (χ4v) is 2.53. The molecule has 1 aromatic rings. The number of halogens is 1. The van der Waals surface area contributed by atoms with Crippen molar-refractivity contribution in [3.63, 3.8) is 0 Å². The molecule has 0 saturated carbocycles. The van der Waals surface area contributed by atoms with E-state index in [4.69, 9.17) is 0 Å². The van der Waals surface area contributed by atoms with Crippen LogP contribution < -0.4 is 10.6 Å². The van der Waals surface area contributed by atoms with Gasteiger partial charge in [0.2, 0.25) is 5.91 Å². The summed E-state index contributed by atoms with van der Waals surface area (Å²) in [6, 6.07) is 6.99. The average molecular weight is 326 g/mol. The molecule has 0 bridgehead atoms. The van der Waals surface area contributed by atoms with Crippen molar-refractivity contribution >= 4 is 29.9 Å². The Labute approximate surface area is 137 Å². The van der Waals surface area contributed by atoms with Crippen molar-refractivity contribution in [1.29, 1.82) is 0 Å². The number of anilines is 1. The molecule has 0 aromatic heterocycles. The van der Waals surface area contributed by atoms with Gasteiger partial charge in [0.05, 0.1) is 6.04 Å². The van der Waals surface area contributed by atoms with Crippen LogP contribution in [0.25, 0.3) is 0 Å². The van der Waals surface area contributed by atoms with Crippen LogP contribution in [0.4, 0.5) is 5.69 Å². The predicted octanol–water partition coefficient (Wildman–Crippen LogP) is 2.28. The molecule has 2 N–H and O–H groups in total. The van der Waals surface area contributed by atoms with Crippen molar-refractivity contribution in [2.45, 2.75) is 32.7 Å². The maximum Gasteiger partial charge on any atom is 0.253 e. The molecule has 22 heavy (non-hydrogen) atoms.